The summed E-state index contributed by atoms with van der Waals surface area (Å²) in [6.07, 6.45) is 2.35. The van der Waals surface area contributed by atoms with Crippen molar-refractivity contribution < 1.29 is 8.42 Å². The fourth-order valence-corrected chi connectivity index (χ4v) is 3.98. The molecule has 0 atom stereocenters. The Hall–Kier alpha value is -0.780. The van der Waals surface area contributed by atoms with E-state index in [0.717, 1.165) is 44.8 Å². The Balaban J connectivity index is 2.19. The molecule has 1 fully saturated rings. The molecule has 1 aliphatic rings. The van der Waals surface area contributed by atoms with E-state index in [1.807, 2.05) is 6.07 Å². The highest BCUT2D eigenvalue weighted by Gasteiger charge is 2.21. The lowest BCUT2D eigenvalue weighted by Crippen LogP contribution is -2.46. The first kappa shape index (κ1) is 15.6. The monoisotopic (exact) mass is 316 g/mol. The van der Waals surface area contributed by atoms with Crippen LogP contribution in [0.4, 0.5) is 5.69 Å². The van der Waals surface area contributed by atoms with Crippen molar-refractivity contribution in [1.29, 1.82) is 0 Å². The highest BCUT2D eigenvalue weighted by atomic mass is 35.5. The summed E-state index contributed by atoms with van der Waals surface area (Å²) in [5, 5.41) is 0.346. The molecular formula is C14H21ClN2O2S. The van der Waals surface area contributed by atoms with E-state index in [-0.39, 0.29) is 4.90 Å². The summed E-state index contributed by atoms with van der Waals surface area (Å²) in [5.74, 6) is 0. The molecule has 0 saturated carbocycles. The summed E-state index contributed by atoms with van der Waals surface area (Å²) < 4.78 is 23.4. The van der Waals surface area contributed by atoms with E-state index < -0.39 is 9.84 Å². The molecule has 0 unspecified atom stereocenters. The van der Waals surface area contributed by atoms with Crippen LogP contribution in [0.2, 0.25) is 5.02 Å². The average Bonchev–Trinajstić information content (AvgIpc) is 2.39. The van der Waals surface area contributed by atoms with E-state index in [1.54, 1.807) is 12.1 Å². The lowest BCUT2D eigenvalue weighted by atomic mass is 10.2. The Morgan fingerprint density at radius 2 is 1.85 bits per heavy atom. The lowest BCUT2D eigenvalue weighted by molar-refractivity contribution is 0.258. The molecule has 20 heavy (non-hydrogen) atoms. The predicted octanol–water partition coefficient (Wildman–Crippen LogP) is 2.28. The number of hydrogen-bond acceptors (Lipinski definition) is 4. The lowest BCUT2D eigenvalue weighted by Gasteiger charge is -2.36. The molecule has 1 saturated heterocycles. The van der Waals surface area contributed by atoms with E-state index in [4.69, 9.17) is 11.6 Å². The number of halogens is 1. The maximum Gasteiger partial charge on any atom is 0.177 e. The summed E-state index contributed by atoms with van der Waals surface area (Å²) in [4.78, 5) is 4.81. The third kappa shape index (κ3) is 3.45. The smallest absolute Gasteiger partial charge is 0.177 e. The fraction of sp³-hybridized carbons (Fsp3) is 0.571. The maximum atomic E-state index is 11.7. The van der Waals surface area contributed by atoms with Crippen molar-refractivity contribution in [3.63, 3.8) is 0 Å². The largest absolute Gasteiger partial charge is 0.368 e. The van der Waals surface area contributed by atoms with Gasteiger partial charge in [-0.2, -0.15) is 0 Å². The van der Waals surface area contributed by atoms with Crippen LogP contribution in [0, 0.1) is 0 Å². The van der Waals surface area contributed by atoms with Crippen LogP contribution in [0.1, 0.15) is 13.3 Å². The van der Waals surface area contributed by atoms with Gasteiger partial charge >= 0.3 is 0 Å². The standard InChI is InChI=1S/C14H21ClN2O2S/c1-3-7-16-8-10-17(11-9-16)12-5-4-6-13(14(12)15)20(2,18)19/h4-6H,3,7-11H2,1-2H3. The van der Waals surface area contributed by atoms with Crippen molar-refractivity contribution in [1.82, 2.24) is 4.90 Å². The number of piperazine rings is 1. The van der Waals surface area contributed by atoms with Crippen molar-refractivity contribution in [3.05, 3.63) is 23.2 Å². The quantitative estimate of drug-likeness (QED) is 0.854. The number of benzene rings is 1. The summed E-state index contributed by atoms with van der Waals surface area (Å²) >= 11 is 6.29. The van der Waals surface area contributed by atoms with Crippen LogP contribution >= 0.6 is 11.6 Å². The van der Waals surface area contributed by atoms with Crippen LogP contribution in [0.15, 0.2) is 23.1 Å². The van der Waals surface area contributed by atoms with Crippen LogP contribution < -0.4 is 4.90 Å². The molecule has 1 aromatic rings. The van der Waals surface area contributed by atoms with Gasteiger partial charge in [0.05, 0.1) is 15.6 Å². The van der Waals surface area contributed by atoms with E-state index in [2.05, 4.69) is 16.7 Å². The number of hydrogen-bond donors (Lipinski definition) is 0. The van der Waals surface area contributed by atoms with Gasteiger partial charge in [0.2, 0.25) is 0 Å². The first-order valence-electron chi connectivity index (χ1n) is 6.89. The summed E-state index contributed by atoms with van der Waals surface area (Å²) in [7, 11) is -3.28. The van der Waals surface area contributed by atoms with Crippen molar-refractivity contribution in [3.8, 4) is 0 Å². The van der Waals surface area contributed by atoms with Gasteiger partial charge in [-0.1, -0.05) is 24.6 Å². The molecule has 1 aromatic carbocycles. The Labute approximate surface area is 126 Å². The van der Waals surface area contributed by atoms with E-state index >= 15 is 0 Å². The molecule has 0 spiro atoms. The molecule has 6 heteroatoms. The summed E-state index contributed by atoms with van der Waals surface area (Å²) in [5.41, 5.74) is 0.825. The van der Waals surface area contributed by atoms with Gasteiger partial charge in [-0.05, 0) is 25.1 Å². The molecule has 1 heterocycles. The van der Waals surface area contributed by atoms with Gasteiger partial charge in [-0.3, -0.25) is 4.90 Å². The topological polar surface area (TPSA) is 40.6 Å². The normalized spacial score (nSPS) is 17.4. The second kappa shape index (κ2) is 6.33. The van der Waals surface area contributed by atoms with Gasteiger partial charge in [0.15, 0.2) is 9.84 Å². The molecule has 0 aromatic heterocycles. The molecule has 0 bridgehead atoms. The third-order valence-corrected chi connectivity index (χ3v) is 5.24. The highest BCUT2D eigenvalue weighted by Crippen LogP contribution is 2.32. The number of nitrogens with zero attached hydrogens (tertiary/aromatic N) is 2. The third-order valence-electron chi connectivity index (χ3n) is 3.60. The first-order valence-corrected chi connectivity index (χ1v) is 9.16. The van der Waals surface area contributed by atoms with Crippen LogP contribution in [0.5, 0.6) is 0 Å². The van der Waals surface area contributed by atoms with Crippen LogP contribution in [-0.2, 0) is 9.84 Å². The van der Waals surface area contributed by atoms with Crippen LogP contribution in [0.25, 0.3) is 0 Å². The van der Waals surface area contributed by atoms with Crippen molar-refractivity contribution in [2.75, 3.05) is 43.9 Å². The predicted molar refractivity (Wildman–Crippen MR) is 83.5 cm³/mol. The molecule has 0 radical (unpaired) electrons. The zero-order valence-corrected chi connectivity index (χ0v) is 13.5. The Morgan fingerprint density at radius 3 is 2.40 bits per heavy atom. The Kier molecular flexibility index (Phi) is 4.94. The van der Waals surface area contributed by atoms with Crippen molar-refractivity contribution in [2.24, 2.45) is 0 Å². The van der Waals surface area contributed by atoms with Crippen LogP contribution in [-0.4, -0.2) is 52.3 Å². The zero-order chi connectivity index (χ0) is 14.8. The zero-order valence-electron chi connectivity index (χ0n) is 12.0. The average molecular weight is 317 g/mol. The van der Waals surface area contributed by atoms with Gasteiger partial charge in [-0.25, -0.2) is 8.42 Å². The molecule has 0 aliphatic carbocycles. The molecule has 112 valence electrons. The molecule has 2 rings (SSSR count). The van der Waals surface area contributed by atoms with Crippen LogP contribution in [0.3, 0.4) is 0 Å². The van der Waals surface area contributed by atoms with E-state index in [9.17, 15) is 8.42 Å². The van der Waals surface area contributed by atoms with Gasteiger partial charge in [0.1, 0.15) is 0 Å². The van der Waals surface area contributed by atoms with E-state index in [1.165, 1.54) is 6.26 Å². The minimum absolute atomic E-state index is 0.215. The van der Waals surface area contributed by atoms with Crippen molar-refractivity contribution >= 4 is 27.1 Å². The fourth-order valence-electron chi connectivity index (χ4n) is 2.56. The van der Waals surface area contributed by atoms with Gasteiger partial charge in [0.25, 0.3) is 0 Å². The van der Waals surface area contributed by atoms with Gasteiger partial charge in [0, 0.05) is 32.4 Å². The first-order chi connectivity index (χ1) is 9.43. The Morgan fingerprint density at radius 1 is 1.20 bits per heavy atom. The van der Waals surface area contributed by atoms with Gasteiger partial charge < -0.3 is 4.90 Å². The summed E-state index contributed by atoms with van der Waals surface area (Å²) in [6, 6.07) is 5.22. The highest BCUT2D eigenvalue weighted by molar-refractivity contribution is 7.90. The number of sulfone groups is 1. The minimum atomic E-state index is -3.28. The second-order valence-corrected chi connectivity index (χ2v) is 7.55. The molecule has 4 nitrogen and oxygen atoms in total. The molecular weight excluding hydrogens is 296 g/mol. The molecule has 0 amide bonds. The SMILES string of the molecule is CCCN1CCN(c2cccc(S(C)(=O)=O)c2Cl)CC1. The molecule has 1 aliphatic heterocycles. The van der Waals surface area contributed by atoms with Crippen molar-refractivity contribution in [2.45, 2.75) is 18.2 Å². The van der Waals surface area contributed by atoms with E-state index in [0.29, 0.717) is 5.02 Å². The molecule has 0 N–H and O–H groups in total. The minimum Gasteiger partial charge on any atom is -0.368 e. The Bertz CT molecular complexity index is 567. The summed E-state index contributed by atoms with van der Waals surface area (Å²) in [6.45, 7) is 7.05. The second-order valence-electron chi connectivity index (χ2n) is 5.19. The van der Waals surface area contributed by atoms with Gasteiger partial charge in [-0.15, -0.1) is 0 Å². The number of anilines is 1. The number of rotatable bonds is 4. The maximum absolute atomic E-state index is 11.7.